The molecule has 0 aliphatic carbocycles. The van der Waals surface area contributed by atoms with E-state index in [1.54, 1.807) is 0 Å². The molecule has 0 rings (SSSR count). The molecule has 1 unspecified atom stereocenters. The van der Waals surface area contributed by atoms with Crippen molar-refractivity contribution in [3.8, 4) is 0 Å². The molecule has 8 heavy (non-hydrogen) atoms. The van der Waals surface area contributed by atoms with Crippen LogP contribution in [0, 0.1) is 40.4 Å². The fourth-order valence-corrected chi connectivity index (χ4v) is 0. The summed E-state index contributed by atoms with van der Waals surface area (Å²) in [6.45, 7) is 0. The fourth-order valence-electron chi connectivity index (χ4n) is 0. The maximum atomic E-state index is 10.6. The van der Waals surface area contributed by atoms with Gasteiger partial charge in [-0.25, -0.2) is 0 Å². The fraction of sp³-hybridized carbons (Fsp3) is 1.00. The van der Waals surface area contributed by atoms with Gasteiger partial charge in [0.2, 0.25) is 0 Å². The molecule has 0 aliphatic heterocycles. The average molecular weight is 283 g/mol. The first-order valence-corrected chi connectivity index (χ1v) is 2.18. The van der Waals surface area contributed by atoms with Crippen molar-refractivity contribution in [2.45, 2.75) is 5.51 Å². The summed E-state index contributed by atoms with van der Waals surface area (Å²) >= 11 is -3.93. The number of hydrogen-bond acceptors (Lipinski definition) is 2. The van der Waals surface area contributed by atoms with Gasteiger partial charge in [-0.05, 0) is 0 Å². The maximum absolute atomic E-state index is 10.6. The van der Waals surface area contributed by atoms with Gasteiger partial charge in [0.1, 0.15) is 0 Å². The number of alkyl halides is 3. The molecule has 0 aromatic carbocycles. The molecule has 0 N–H and O–H groups in total. The second kappa shape index (κ2) is 4.12. The Morgan fingerprint density at radius 3 is 1.50 bits per heavy atom. The molecule has 2 nitrogen and oxygen atoms in total. The number of halogens is 3. The van der Waals surface area contributed by atoms with E-state index in [1.165, 1.54) is 0 Å². The monoisotopic (exact) mass is 285 g/mol. The molecule has 0 heterocycles. The molecule has 0 aromatic heterocycles. The van der Waals surface area contributed by atoms with E-state index in [9.17, 15) is 13.2 Å². The molecule has 0 saturated carbocycles. The standard InChI is InChI=1S/CHF3O2S.Sm/c2-1(3,4)7(5)6;/h(H,5,6);/p-1. The van der Waals surface area contributed by atoms with Gasteiger partial charge in [-0.15, -0.1) is 0 Å². The number of rotatable bonds is 0. The zero-order valence-electron chi connectivity index (χ0n) is 3.27. The van der Waals surface area contributed by atoms with Gasteiger partial charge >= 0.3 is 5.51 Å². The molecule has 0 saturated heterocycles. The zero-order valence-corrected chi connectivity index (χ0v) is 6.70. The van der Waals surface area contributed by atoms with Crippen molar-refractivity contribution >= 4 is 11.1 Å². The summed E-state index contributed by atoms with van der Waals surface area (Å²) in [6, 6.07) is 0. The van der Waals surface area contributed by atoms with Gasteiger partial charge in [0.15, 0.2) is 0 Å². The van der Waals surface area contributed by atoms with Crippen LogP contribution in [0.25, 0.3) is 0 Å². The van der Waals surface area contributed by atoms with Crippen LogP contribution in [0.5, 0.6) is 0 Å². The van der Waals surface area contributed by atoms with Gasteiger partial charge < -0.3 is 4.55 Å². The first-order chi connectivity index (χ1) is 2.94. The molecule has 0 spiro atoms. The number of hydrogen-bond donors (Lipinski definition) is 0. The van der Waals surface area contributed by atoms with E-state index in [4.69, 9.17) is 8.76 Å². The van der Waals surface area contributed by atoms with Gasteiger partial charge in [-0.1, -0.05) is 0 Å². The molecule has 7 heteroatoms. The van der Waals surface area contributed by atoms with Crippen molar-refractivity contribution in [2.24, 2.45) is 0 Å². The van der Waals surface area contributed by atoms with E-state index in [2.05, 4.69) is 0 Å². The Balaban J connectivity index is 0. The third-order valence-corrected chi connectivity index (χ3v) is 0.567. The Kier molecular flexibility index (Phi) is 6.16. The largest absolute Gasteiger partial charge is 0.766 e. The van der Waals surface area contributed by atoms with E-state index >= 15 is 0 Å². The molecule has 0 radical (unpaired) electrons. The van der Waals surface area contributed by atoms with Crippen LogP contribution in [0.2, 0.25) is 0 Å². The van der Waals surface area contributed by atoms with Crippen LogP contribution in [-0.4, -0.2) is 14.3 Å². The third-order valence-electron chi connectivity index (χ3n) is 0.189. The van der Waals surface area contributed by atoms with E-state index in [0.717, 1.165) is 0 Å². The van der Waals surface area contributed by atoms with Crippen molar-refractivity contribution in [1.29, 1.82) is 0 Å². The van der Waals surface area contributed by atoms with Gasteiger partial charge in [0.05, 0.1) is 11.1 Å². The Morgan fingerprint density at radius 2 is 1.50 bits per heavy atom. The van der Waals surface area contributed by atoms with E-state index in [1.807, 2.05) is 0 Å². The Morgan fingerprint density at radius 1 is 1.38 bits per heavy atom. The maximum Gasteiger partial charge on any atom is 0.458 e. The van der Waals surface area contributed by atoms with Crippen LogP contribution in [0.4, 0.5) is 13.2 Å². The molecule has 0 fully saturated rings. The summed E-state index contributed by atoms with van der Waals surface area (Å²) in [5, 5.41) is 0. The van der Waals surface area contributed by atoms with Crippen LogP contribution < -0.4 is 0 Å². The first kappa shape index (κ1) is 12.0. The minimum Gasteiger partial charge on any atom is -0.766 e. The van der Waals surface area contributed by atoms with Crippen molar-refractivity contribution in [3.63, 3.8) is 0 Å². The topological polar surface area (TPSA) is 40.1 Å². The van der Waals surface area contributed by atoms with E-state index in [-0.39, 0.29) is 40.4 Å². The summed E-state index contributed by atoms with van der Waals surface area (Å²) in [6.07, 6.45) is 0. The SMILES string of the molecule is O=S([O-])C(F)(F)F.[Sm]. The summed E-state index contributed by atoms with van der Waals surface area (Å²) < 4.78 is 49.5. The van der Waals surface area contributed by atoms with Crippen LogP contribution >= 0.6 is 0 Å². The molecule has 0 bridgehead atoms. The summed E-state index contributed by atoms with van der Waals surface area (Å²) in [5.41, 5.74) is -5.08. The van der Waals surface area contributed by atoms with Crippen molar-refractivity contribution in [2.75, 3.05) is 0 Å². The normalized spacial score (nSPS) is 14.5. The molecule has 0 amide bonds. The van der Waals surface area contributed by atoms with Crippen molar-refractivity contribution < 1.29 is 62.3 Å². The Labute approximate surface area is 78.2 Å². The van der Waals surface area contributed by atoms with Gasteiger partial charge in [0, 0.05) is 40.4 Å². The zero-order chi connectivity index (χ0) is 6.08. The Bertz CT molecular complexity index is 89.8. The second-order valence-electron chi connectivity index (χ2n) is 0.680. The molecular formula is CF3O2SSm-. The summed E-state index contributed by atoms with van der Waals surface area (Å²) in [5.74, 6) is 0. The van der Waals surface area contributed by atoms with Crippen LogP contribution in [-0.2, 0) is 11.1 Å². The Hall–Kier alpha value is 1.24. The van der Waals surface area contributed by atoms with Crippen molar-refractivity contribution in [3.05, 3.63) is 0 Å². The molecule has 0 aliphatic rings. The predicted molar refractivity (Wildman–Crippen MR) is 15.0 cm³/mol. The van der Waals surface area contributed by atoms with Crippen molar-refractivity contribution in [1.82, 2.24) is 0 Å². The van der Waals surface area contributed by atoms with Gasteiger partial charge in [0.25, 0.3) is 0 Å². The van der Waals surface area contributed by atoms with Gasteiger partial charge in [-0.2, -0.15) is 13.2 Å². The second-order valence-corrected chi connectivity index (χ2v) is 1.61. The first-order valence-electron chi connectivity index (χ1n) is 1.10. The molecule has 50 valence electrons. The van der Waals surface area contributed by atoms with E-state index in [0.29, 0.717) is 0 Å². The average Bonchev–Trinajstić information content (AvgIpc) is 1.31. The molecule has 1 atom stereocenters. The smallest absolute Gasteiger partial charge is 0.458 e. The summed E-state index contributed by atoms with van der Waals surface area (Å²) in [7, 11) is 0. The van der Waals surface area contributed by atoms with Crippen LogP contribution in [0.15, 0.2) is 0 Å². The predicted octanol–water partition coefficient (Wildman–Crippen LogP) is 0.385. The van der Waals surface area contributed by atoms with Gasteiger partial charge in [-0.3, -0.25) is 4.21 Å². The third kappa shape index (κ3) is 5.38. The molecule has 0 aromatic rings. The van der Waals surface area contributed by atoms with Crippen LogP contribution in [0.1, 0.15) is 0 Å². The van der Waals surface area contributed by atoms with E-state index < -0.39 is 16.6 Å². The minimum atomic E-state index is -5.08. The quantitative estimate of drug-likeness (QED) is 0.603. The summed E-state index contributed by atoms with van der Waals surface area (Å²) in [4.78, 5) is 0. The minimum absolute atomic E-state index is 0. The van der Waals surface area contributed by atoms with Crippen LogP contribution in [0.3, 0.4) is 0 Å². The molecular weight excluding hydrogens is 283 g/mol.